The summed E-state index contributed by atoms with van der Waals surface area (Å²) >= 11 is 0. The van der Waals surface area contributed by atoms with Gasteiger partial charge in [0.15, 0.2) is 0 Å². The molecular formula is C21H25N5O2. The van der Waals surface area contributed by atoms with Crippen LogP contribution in [0, 0.1) is 34.8 Å². The molecule has 7 nitrogen and oxygen atoms in total. The van der Waals surface area contributed by atoms with Crippen molar-refractivity contribution < 1.29 is 4.92 Å². The lowest BCUT2D eigenvalue weighted by molar-refractivity contribution is -0.383. The van der Waals surface area contributed by atoms with Gasteiger partial charge in [0, 0.05) is 11.2 Å². The minimum atomic E-state index is -0.376. The second-order valence-corrected chi connectivity index (χ2v) is 8.99. The number of nitrogens with one attached hydrogen (secondary N) is 2. The second-order valence-electron chi connectivity index (χ2n) is 8.99. The van der Waals surface area contributed by atoms with Crippen LogP contribution in [-0.4, -0.2) is 20.4 Å². The van der Waals surface area contributed by atoms with E-state index in [-0.39, 0.29) is 22.0 Å². The van der Waals surface area contributed by atoms with E-state index in [9.17, 15) is 10.1 Å². The van der Waals surface area contributed by atoms with Gasteiger partial charge in [-0.1, -0.05) is 17.7 Å². The quantitative estimate of drug-likeness (QED) is 0.572. The molecule has 0 atom stereocenters. The van der Waals surface area contributed by atoms with Gasteiger partial charge in [0.2, 0.25) is 11.6 Å². The minimum Gasteiger partial charge on any atom is -0.359 e. The predicted molar refractivity (Wildman–Crippen MR) is 108 cm³/mol. The van der Waals surface area contributed by atoms with Gasteiger partial charge < -0.3 is 10.6 Å². The van der Waals surface area contributed by atoms with E-state index in [1.807, 2.05) is 31.2 Å². The van der Waals surface area contributed by atoms with Gasteiger partial charge >= 0.3 is 5.69 Å². The van der Waals surface area contributed by atoms with Crippen LogP contribution in [0.15, 0.2) is 30.6 Å². The molecule has 0 radical (unpaired) electrons. The summed E-state index contributed by atoms with van der Waals surface area (Å²) in [5.74, 6) is 2.84. The first kappa shape index (κ1) is 17.4. The van der Waals surface area contributed by atoms with Gasteiger partial charge in [-0.15, -0.1) is 0 Å². The van der Waals surface area contributed by atoms with Gasteiger partial charge in [-0.2, -0.15) is 0 Å². The Morgan fingerprint density at radius 2 is 1.57 bits per heavy atom. The number of hydrogen-bond acceptors (Lipinski definition) is 6. The lowest BCUT2D eigenvalue weighted by Gasteiger charge is -2.57. The largest absolute Gasteiger partial charge is 0.359 e. The van der Waals surface area contributed by atoms with E-state index in [2.05, 4.69) is 20.6 Å². The van der Waals surface area contributed by atoms with Crippen LogP contribution in [-0.2, 0) is 0 Å². The molecule has 1 aromatic heterocycles. The molecule has 4 aliphatic carbocycles. The maximum atomic E-state index is 11.9. The van der Waals surface area contributed by atoms with Gasteiger partial charge in [0.1, 0.15) is 6.33 Å². The molecule has 0 spiro atoms. The smallest absolute Gasteiger partial charge is 0.353 e. The highest BCUT2D eigenvalue weighted by molar-refractivity contribution is 5.74. The fraction of sp³-hybridized carbons (Fsp3) is 0.524. The van der Waals surface area contributed by atoms with E-state index < -0.39 is 0 Å². The molecule has 4 saturated carbocycles. The van der Waals surface area contributed by atoms with Gasteiger partial charge in [-0.25, -0.2) is 9.97 Å². The minimum absolute atomic E-state index is 0.0466. The summed E-state index contributed by atoms with van der Waals surface area (Å²) < 4.78 is 0. The summed E-state index contributed by atoms with van der Waals surface area (Å²) in [6.07, 6.45) is 8.68. The molecule has 4 bridgehead atoms. The van der Waals surface area contributed by atoms with Crippen molar-refractivity contribution >= 4 is 23.0 Å². The van der Waals surface area contributed by atoms with Gasteiger partial charge in [-0.05, 0) is 75.3 Å². The first-order valence-electron chi connectivity index (χ1n) is 10.1. The molecule has 6 rings (SSSR count). The van der Waals surface area contributed by atoms with E-state index in [0.717, 1.165) is 48.3 Å². The highest BCUT2D eigenvalue weighted by atomic mass is 16.6. The van der Waals surface area contributed by atoms with Gasteiger partial charge in [0.05, 0.1) is 4.92 Å². The summed E-state index contributed by atoms with van der Waals surface area (Å²) in [7, 11) is 0. The first-order chi connectivity index (χ1) is 13.5. The average Bonchev–Trinajstić information content (AvgIpc) is 2.62. The molecule has 7 heteroatoms. The second kappa shape index (κ2) is 6.43. The third-order valence-corrected chi connectivity index (χ3v) is 6.74. The van der Waals surface area contributed by atoms with Crippen LogP contribution >= 0.6 is 0 Å². The Balaban J connectivity index is 1.46. The van der Waals surface area contributed by atoms with Crippen molar-refractivity contribution in [3.05, 3.63) is 46.3 Å². The van der Waals surface area contributed by atoms with Crippen molar-refractivity contribution in [3.8, 4) is 0 Å². The van der Waals surface area contributed by atoms with E-state index in [1.165, 1.54) is 25.6 Å². The number of nitro groups is 1. The lowest BCUT2D eigenvalue weighted by atomic mass is 9.53. The summed E-state index contributed by atoms with van der Waals surface area (Å²) in [5.41, 5.74) is 1.79. The highest BCUT2D eigenvalue weighted by Gasteiger charge is 2.51. The molecule has 0 unspecified atom stereocenters. The van der Waals surface area contributed by atoms with Crippen molar-refractivity contribution in [1.82, 2.24) is 9.97 Å². The van der Waals surface area contributed by atoms with E-state index in [1.54, 1.807) is 0 Å². The Morgan fingerprint density at radius 3 is 2.14 bits per heavy atom. The van der Waals surface area contributed by atoms with Crippen LogP contribution in [0.2, 0.25) is 0 Å². The molecule has 1 heterocycles. The molecule has 146 valence electrons. The van der Waals surface area contributed by atoms with E-state index in [0.29, 0.717) is 5.82 Å². The monoisotopic (exact) mass is 379 g/mol. The zero-order valence-electron chi connectivity index (χ0n) is 16.0. The van der Waals surface area contributed by atoms with Crippen LogP contribution in [0.5, 0.6) is 0 Å². The maximum Gasteiger partial charge on any atom is 0.353 e. The average molecular weight is 379 g/mol. The summed E-state index contributed by atoms with van der Waals surface area (Å²) in [4.78, 5) is 20.0. The van der Waals surface area contributed by atoms with Crippen LogP contribution < -0.4 is 10.6 Å². The topological polar surface area (TPSA) is 93.0 Å². The molecule has 0 amide bonds. The van der Waals surface area contributed by atoms with Crippen molar-refractivity contribution in [2.45, 2.75) is 51.0 Å². The van der Waals surface area contributed by atoms with Crippen LogP contribution in [0.3, 0.4) is 0 Å². The van der Waals surface area contributed by atoms with Crippen LogP contribution in [0.4, 0.5) is 23.0 Å². The Hall–Kier alpha value is -2.70. The number of nitrogens with zero attached hydrogens (tertiary/aromatic N) is 3. The van der Waals surface area contributed by atoms with E-state index in [4.69, 9.17) is 0 Å². The van der Waals surface area contributed by atoms with Crippen molar-refractivity contribution in [3.63, 3.8) is 0 Å². The molecule has 4 aliphatic rings. The molecule has 2 aromatic rings. The number of benzene rings is 1. The van der Waals surface area contributed by atoms with Gasteiger partial charge in [0.25, 0.3) is 0 Å². The molecule has 28 heavy (non-hydrogen) atoms. The number of aromatic nitrogens is 2. The summed E-state index contributed by atoms with van der Waals surface area (Å²) in [5, 5.41) is 18.6. The Labute approximate surface area is 164 Å². The standard InChI is InChI=1S/C21H25N5O2/c1-13-2-4-17(5-3-13)24-19-18(26(27)28)20(23-12-22-19)25-21-9-14-6-15(10-21)8-16(7-14)11-21/h2-5,12,14-16H,6-11H2,1H3,(H2,22,23,24,25). The SMILES string of the molecule is Cc1ccc(Nc2ncnc(NC34CC5CC(CC(C5)C3)C4)c2[N+](=O)[O-])cc1. The van der Waals surface area contributed by atoms with Crippen molar-refractivity contribution in [1.29, 1.82) is 0 Å². The number of anilines is 3. The highest BCUT2D eigenvalue weighted by Crippen LogP contribution is 2.57. The maximum absolute atomic E-state index is 11.9. The number of rotatable bonds is 5. The molecule has 0 aliphatic heterocycles. The molecule has 2 N–H and O–H groups in total. The third kappa shape index (κ3) is 3.08. The fourth-order valence-electron chi connectivity index (χ4n) is 6.02. The normalized spacial score (nSPS) is 30.2. The van der Waals surface area contributed by atoms with Crippen LogP contribution in [0.1, 0.15) is 44.1 Å². The number of aryl methyl sites for hydroxylation is 1. The summed E-state index contributed by atoms with van der Waals surface area (Å²) in [6.45, 7) is 2.00. The molecule has 0 saturated heterocycles. The molecular weight excluding hydrogens is 354 g/mol. The molecule has 4 fully saturated rings. The Kier molecular flexibility index (Phi) is 4.00. The zero-order valence-corrected chi connectivity index (χ0v) is 16.0. The lowest BCUT2D eigenvalue weighted by Crippen LogP contribution is -2.55. The Morgan fingerprint density at radius 1 is 1.00 bits per heavy atom. The third-order valence-electron chi connectivity index (χ3n) is 6.74. The zero-order chi connectivity index (χ0) is 19.3. The summed E-state index contributed by atoms with van der Waals surface area (Å²) in [6, 6.07) is 7.72. The van der Waals surface area contributed by atoms with Gasteiger partial charge in [-0.3, -0.25) is 10.1 Å². The van der Waals surface area contributed by atoms with Crippen molar-refractivity contribution in [2.24, 2.45) is 17.8 Å². The fourth-order valence-corrected chi connectivity index (χ4v) is 6.02. The van der Waals surface area contributed by atoms with Crippen LogP contribution in [0.25, 0.3) is 0 Å². The number of hydrogen-bond donors (Lipinski definition) is 2. The molecule has 1 aromatic carbocycles. The Bertz CT molecular complexity index is 876. The van der Waals surface area contributed by atoms with E-state index >= 15 is 0 Å². The predicted octanol–water partition coefficient (Wildman–Crippen LogP) is 4.82. The first-order valence-corrected chi connectivity index (χ1v) is 10.1. The van der Waals surface area contributed by atoms with Crippen molar-refractivity contribution in [2.75, 3.05) is 10.6 Å².